The van der Waals surface area contributed by atoms with Crippen LogP contribution < -0.4 is 15.4 Å². The first-order valence-electron chi connectivity index (χ1n) is 7.58. The van der Waals surface area contributed by atoms with Gasteiger partial charge in [-0.3, -0.25) is 0 Å². The molecule has 1 aliphatic rings. The molecular weight excluding hydrogens is 288 g/mol. The van der Waals surface area contributed by atoms with E-state index in [-0.39, 0.29) is 6.03 Å². The maximum Gasteiger partial charge on any atom is 0.315 e. The molecule has 21 heavy (non-hydrogen) atoms. The molecule has 1 saturated carbocycles. The highest BCUT2D eigenvalue weighted by Crippen LogP contribution is 2.22. The van der Waals surface area contributed by atoms with Gasteiger partial charge < -0.3 is 15.4 Å². The van der Waals surface area contributed by atoms with Gasteiger partial charge in [-0.2, -0.15) is 0 Å². The van der Waals surface area contributed by atoms with E-state index in [1.165, 1.54) is 19.3 Å². The van der Waals surface area contributed by atoms with Crippen LogP contribution in [0.2, 0.25) is 5.02 Å². The molecule has 0 aromatic heterocycles. The number of urea groups is 1. The number of hydrogen-bond acceptors (Lipinski definition) is 2. The molecule has 0 saturated heterocycles. The lowest BCUT2D eigenvalue weighted by molar-refractivity contribution is 0.228. The Morgan fingerprint density at radius 3 is 2.86 bits per heavy atom. The fraction of sp³-hybridized carbons (Fsp3) is 0.562. The first kappa shape index (κ1) is 16.0. The number of ether oxygens (including phenoxy) is 1. The van der Waals surface area contributed by atoms with E-state index < -0.39 is 0 Å². The number of hydrogen-bond donors (Lipinski definition) is 2. The monoisotopic (exact) mass is 310 g/mol. The van der Waals surface area contributed by atoms with Crippen LogP contribution in [0.1, 0.15) is 37.7 Å². The van der Waals surface area contributed by atoms with Crippen molar-refractivity contribution in [3.63, 3.8) is 0 Å². The van der Waals surface area contributed by atoms with Gasteiger partial charge in [-0.25, -0.2) is 4.79 Å². The van der Waals surface area contributed by atoms with Crippen LogP contribution in [-0.4, -0.2) is 25.2 Å². The van der Waals surface area contributed by atoms with Crippen molar-refractivity contribution in [2.45, 2.75) is 45.1 Å². The van der Waals surface area contributed by atoms with Gasteiger partial charge in [-0.15, -0.1) is 0 Å². The van der Waals surface area contributed by atoms with Gasteiger partial charge in [0.2, 0.25) is 0 Å². The largest absolute Gasteiger partial charge is 0.491 e. The molecule has 0 heterocycles. The van der Waals surface area contributed by atoms with E-state index in [4.69, 9.17) is 16.3 Å². The average Bonchev–Trinajstić information content (AvgIpc) is 2.48. The summed E-state index contributed by atoms with van der Waals surface area (Å²) in [5, 5.41) is 6.49. The number of carbonyl (C=O) groups excluding carboxylic acids is 1. The van der Waals surface area contributed by atoms with E-state index >= 15 is 0 Å². The van der Waals surface area contributed by atoms with Crippen LogP contribution in [-0.2, 0) is 0 Å². The van der Waals surface area contributed by atoms with Crippen LogP contribution in [0.3, 0.4) is 0 Å². The number of aryl methyl sites for hydroxylation is 1. The lowest BCUT2D eigenvalue weighted by Gasteiger charge is -2.22. The molecule has 2 N–H and O–H groups in total. The zero-order valence-corrected chi connectivity index (χ0v) is 13.2. The van der Waals surface area contributed by atoms with E-state index in [1.54, 1.807) is 6.07 Å². The molecule has 1 aromatic rings. The Morgan fingerprint density at radius 1 is 1.33 bits per heavy atom. The van der Waals surface area contributed by atoms with Crippen molar-refractivity contribution in [1.29, 1.82) is 0 Å². The third-order valence-electron chi connectivity index (χ3n) is 3.74. The van der Waals surface area contributed by atoms with Crippen LogP contribution in [0.15, 0.2) is 18.2 Å². The van der Waals surface area contributed by atoms with Crippen molar-refractivity contribution in [2.75, 3.05) is 13.2 Å². The van der Waals surface area contributed by atoms with Crippen molar-refractivity contribution in [2.24, 2.45) is 0 Å². The maximum absolute atomic E-state index is 11.7. The molecule has 0 radical (unpaired) electrons. The topological polar surface area (TPSA) is 50.4 Å². The zero-order valence-electron chi connectivity index (χ0n) is 12.5. The normalized spacial score (nSPS) is 15.5. The maximum atomic E-state index is 11.7. The average molecular weight is 311 g/mol. The summed E-state index contributed by atoms with van der Waals surface area (Å²) in [5.74, 6) is 0.761. The molecular formula is C16H23ClN2O2. The van der Waals surface area contributed by atoms with Crippen LogP contribution in [0.25, 0.3) is 0 Å². The Kier molecular flexibility index (Phi) is 6.18. The predicted octanol–water partition coefficient (Wildman–Crippen LogP) is 3.66. The molecule has 0 aliphatic heterocycles. The van der Waals surface area contributed by atoms with E-state index in [2.05, 4.69) is 10.6 Å². The summed E-state index contributed by atoms with van der Waals surface area (Å²) in [7, 11) is 0. The minimum absolute atomic E-state index is 0.103. The molecule has 2 amide bonds. The van der Waals surface area contributed by atoms with Gasteiger partial charge >= 0.3 is 6.03 Å². The number of halogens is 1. The number of benzene rings is 1. The summed E-state index contributed by atoms with van der Waals surface area (Å²) in [5.41, 5.74) is 1.03. The minimum Gasteiger partial charge on any atom is -0.491 e. The third kappa shape index (κ3) is 5.46. The Hall–Kier alpha value is -1.42. The second-order valence-corrected chi connectivity index (χ2v) is 5.93. The lowest BCUT2D eigenvalue weighted by Crippen LogP contribution is -2.44. The number of rotatable bonds is 5. The second kappa shape index (κ2) is 8.13. The Balaban J connectivity index is 1.64. The van der Waals surface area contributed by atoms with Gasteiger partial charge in [-0.1, -0.05) is 36.9 Å². The van der Waals surface area contributed by atoms with Crippen molar-refractivity contribution >= 4 is 17.6 Å². The fourth-order valence-corrected chi connectivity index (χ4v) is 2.70. The Morgan fingerprint density at radius 2 is 2.10 bits per heavy atom. The van der Waals surface area contributed by atoms with E-state index in [0.29, 0.717) is 24.2 Å². The van der Waals surface area contributed by atoms with E-state index in [9.17, 15) is 4.79 Å². The molecule has 1 fully saturated rings. The molecule has 1 aliphatic carbocycles. The number of nitrogens with one attached hydrogen (secondary N) is 2. The summed E-state index contributed by atoms with van der Waals surface area (Å²) in [6, 6.07) is 5.77. The molecule has 0 atom stereocenters. The predicted molar refractivity (Wildman–Crippen MR) is 85.1 cm³/mol. The van der Waals surface area contributed by atoms with Crippen LogP contribution in [0.5, 0.6) is 5.75 Å². The van der Waals surface area contributed by atoms with Gasteiger partial charge in [0, 0.05) is 11.1 Å². The molecule has 1 aromatic carbocycles. The van der Waals surface area contributed by atoms with Crippen molar-refractivity contribution in [1.82, 2.24) is 10.6 Å². The number of amides is 2. The van der Waals surface area contributed by atoms with Crippen LogP contribution in [0, 0.1) is 6.92 Å². The smallest absolute Gasteiger partial charge is 0.315 e. The summed E-state index contributed by atoms with van der Waals surface area (Å²) in [4.78, 5) is 11.7. The molecule has 5 heteroatoms. The van der Waals surface area contributed by atoms with Gasteiger partial charge in [0.15, 0.2) is 0 Å². The Bertz CT molecular complexity index is 473. The minimum atomic E-state index is -0.103. The Labute approximate surface area is 131 Å². The highest BCUT2D eigenvalue weighted by molar-refractivity contribution is 6.30. The van der Waals surface area contributed by atoms with E-state index in [0.717, 1.165) is 24.2 Å². The molecule has 2 rings (SSSR count). The molecule has 116 valence electrons. The first-order chi connectivity index (χ1) is 10.1. The molecule has 0 unspecified atom stereocenters. The highest BCUT2D eigenvalue weighted by Gasteiger charge is 2.15. The van der Waals surface area contributed by atoms with Gasteiger partial charge in [0.1, 0.15) is 12.4 Å². The fourth-order valence-electron chi connectivity index (χ4n) is 2.54. The quantitative estimate of drug-likeness (QED) is 0.815. The molecule has 4 nitrogen and oxygen atoms in total. The first-order valence-corrected chi connectivity index (χ1v) is 7.96. The summed E-state index contributed by atoms with van der Waals surface area (Å²) in [6.45, 7) is 2.87. The highest BCUT2D eigenvalue weighted by atomic mass is 35.5. The number of carbonyl (C=O) groups is 1. The van der Waals surface area contributed by atoms with Gasteiger partial charge in [-0.05, 0) is 37.5 Å². The van der Waals surface area contributed by atoms with Crippen molar-refractivity contribution in [3.8, 4) is 5.75 Å². The van der Waals surface area contributed by atoms with Crippen LogP contribution in [0.4, 0.5) is 4.79 Å². The van der Waals surface area contributed by atoms with Gasteiger partial charge in [0.05, 0.1) is 6.54 Å². The van der Waals surface area contributed by atoms with E-state index in [1.807, 2.05) is 19.1 Å². The lowest BCUT2D eigenvalue weighted by atomic mass is 9.96. The summed E-state index contributed by atoms with van der Waals surface area (Å²) < 4.78 is 5.63. The SMILES string of the molecule is Cc1ccc(Cl)cc1OCCNC(=O)NC1CCCCC1. The second-order valence-electron chi connectivity index (χ2n) is 5.49. The summed E-state index contributed by atoms with van der Waals surface area (Å²) in [6.07, 6.45) is 5.88. The third-order valence-corrected chi connectivity index (χ3v) is 3.97. The molecule has 0 bridgehead atoms. The van der Waals surface area contributed by atoms with Crippen molar-refractivity contribution in [3.05, 3.63) is 28.8 Å². The van der Waals surface area contributed by atoms with Crippen molar-refractivity contribution < 1.29 is 9.53 Å². The standard InChI is InChI=1S/C16H23ClN2O2/c1-12-7-8-13(17)11-15(12)21-10-9-18-16(20)19-14-5-3-2-4-6-14/h7-8,11,14H,2-6,9-10H2,1H3,(H2,18,19,20). The van der Waals surface area contributed by atoms with Gasteiger partial charge in [0.25, 0.3) is 0 Å². The zero-order chi connectivity index (χ0) is 15.1. The molecule has 0 spiro atoms. The van der Waals surface area contributed by atoms with Crippen LogP contribution >= 0.6 is 11.6 Å². The summed E-state index contributed by atoms with van der Waals surface area (Å²) >= 11 is 5.93.